The molecule has 0 saturated heterocycles. The Kier molecular flexibility index (Phi) is 5.51. The van der Waals surface area contributed by atoms with Crippen molar-refractivity contribution in [2.24, 2.45) is 0 Å². The molecule has 0 aliphatic heterocycles. The smallest absolute Gasteiger partial charge is 0.247 e. The van der Waals surface area contributed by atoms with Gasteiger partial charge in [-0.2, -0.15) is 0 Å². The molecule has 0 N–H and O–H groups in total. The van der Waals surface area contributed by atoms with Crippen molar-refractivity contribution in [1.29, 1.82) is 0 Å². The number of hydrogen-bond donors (Lipinski definition) is 0. The first-order valence-corrected chi connectivity index (χ1v) is 17.2. The summed E-state index contributed by atoms with van der Waals surface area (Å²) in [5.74, 6) is 0.781. The van der Waals surface area contributed by atoms with E-state index in [0.29, 0.717) is 5.71 Å². The second-order valence-corrected chi connectivity index (χ2v) is 13.6. The van der Waals surface area contributed by atoms with Crippen molar-refractivity contribution in [3.05, 3.63) is 152 Å². The predicted octanol–water partition coefficient (Wildman–Crippen LogP) is 12.3. The monoisotopic (exact) mass is 643 g/mol. The third-order valence-corrected chi connectivity index (χ3v) is 11.0. The zero-order chi connectivity index (χ0) is 32.1. The van der Waals surface area contributed by atoms with Gasteiger partial charge in [-0.25, -0.2) is 9.97 Å². The average molecular weight is 644 g/mol. The molecule has 0 bridgehead atoms. The van der Waals surface area contributed by atoms with Crippen molar-refractivity contribution in [1.82, 2.24) is 14.5 Å². The molecule has 0 unspecified atom stereocenters. The third-order valence-electron chi connectivity index (χ3n) is 9.82. The van der Waals surface area contributed by atoms with Gasteiger partial charge in [0.05, 0.1) is 11.0 Å². The van der Waals surface area contributed by atoms with Crippen LogP contribution in [0.25, 0.3) is 103 Å². The molecule has 0 amide bonds. The number of furan rings is 1. The zero-order valence-corrected chi connectivity index (χ0v) is 26.9. The SMILES string of the molecule is c1ccc(-c2ccc(-c3nc4oc5ccccc5c4nc3-n3c4ccccc4c4c5sc6ccccc6c5c5ccccc5c43)cc2)cc1. The van der Waals surface area contributed by atoms with E-state index < -0.39 is 0 Å². The van der Waals surface area contributed by atoms with Crippen molar-refractivity contribution < 1.29 is 4.42 Å². The molecule has 5 heteroatoms. The van der Waals surface area contributed by atoms with E-state index in [4.69, 9.17) is 14.4 Å². The van der Waals surface area contributed by atoms with Gasteiger partial charge in [-0.05, 0) is 40.8 Å². The van der Waals surface area contributed by atoms with Gasteiger partial charge < -0.3 is 4.42 Å². The molecule has 4 heterocycles. The second-order valence-electron chi connectivity index (χ2n) is 12.5. The van der Waals surface area contributed by atoms with Gasteiger partial charge in [0.1, 0.15) is 16.8 Å². The van der Waals surface area contributed by atoms with Crippen LogP contribution in [0.3, 0.4) is 0 Å². The second kappa shape index (κ2) is 10.1. The molecule has 49 heavy (non-hydrogen) atoms. The third kappa shape index (κ3) is 3.79. The van der Waals surface area contributed by atoms with E-state index in [2.05, 4.69) is 132 Å². The molecule has 11 aromatic rings. The molecule has 7 aromatic carbocycles. The number of thiophene rings is 1. The van der Waals surface area contributed by atoms with Crippen LogP contribution in [-0.4, -0.2) is 14.5 Å². The molecule has 0 saturated carbocycles. The summed E-state index contributed by atoms with van der Waals surface area (Å²) >= 11 is 1.87. The summed E-state index contributed by atoms with van der Waals surface area (Å²) in [7, 11) is 0. The van der Waals surface area contributed by atoms with E-state index >= 15 is 0 Å². The molecule has 228 valence electrons. The molecule has 0 radical (unpaired) electrons. The highest BCUT2D eigenvalue weighted by molar-refractivity contribution is 7.27. The highest BCUT2D eigenvalue weighted by Gasteiger charge is 2.25. The van der Waals surface area contributed by atoms with Gasteiger partial charge in [0.25, 0.3) is 0 Å². The van der Waals surface area contributed by atoms with E-state index in [-0.39, 0.29) is 0 Å². The highest BCUT2D eigenvalue weighted by atomic mass is 32.1. The number of aromatic nitrogens is 3. The van der Waals surface area contributed by atoms with E-state index in [0.717, 1.165) is 50.2 Å². The van der Waals surface area contributed by atoms with Crippen molar-refractivity contribution in [2.45, 2.75) is 0 Å². The maximum absolute atomic E-state index is 6.34. The fraction of sp³-hybridized carbons (Fsp3) is 0. The quantitative estimate of drug-likeness (QED) is 0.192. The van der Waals surface area contributed by atoms with Crippen LogP contribution in [0.5, 0.6) is 0 Å². The van der Waals surface area contributed by atoms with E-state index in [1.165, 1.54) is 47.3 Å². The molecule has 0 aliphatic rings. The highest BCUT2D eigenvalue weighted by Crippen LogP contribution is 2.48. The first-order valence-electron chi connectivity index (χ1n) is 16.4. The van der Waals surface area contributed by atoms with Crippen molar-refractivity contribution >= 4 is 86.3 Å². The molecule has 11 rings (SSSR count). The summed E-state index contributed by atoms with van der Waals surface area (Å²) in [5, 5.41) is 8.43. The van der Waals surface area contributed by atoms with Crippen LogP contribution in [0.2, 0.25) is 0 Å². The summed E-state index contributed by atoms with van der Waals surface area (Å²) < 4.78 is 11.3. The van der Waals surface area contributed by atoms with Gasteiger partial charge in [0.2, 0.25) is 5.71 Å². The first kappa shape index (κ1) is 26.7. The summed E-state index contributed by atoms with van der Waals surface area (Å²) in [6.45, 7) is 0. The van der Waals surface area contributed by atoms with Crippen LogP contribution in [0.4, 0.5) is 0 Å². The van der Waals surface area contributed by atoms with Gasteiger partial charge in [-0.15, -0.1) is 11.3 Å². The Labute approximate surface area is 284 Å². The molecular weight excluding hydrogens is 619 g/mol. The maximum atomic E-state index is 6.34. The predicted molar refractivity (Wildman–Crippen MR) is 205 cm³/mol. The lowest BCUT2D eigenvalue weighted by Crippen LogP contribution is -2.03. The van der Waals surface area contributed by atoms with Gasteiger partial charge in [-0.1, -0.05) is 127 Å². The Morgan fingerprint density at radius 3 is 1.96 bits per heavy atom. The lowest BCUT2D eigenvalue weighted by Gasteiger charge is -2.14. The van der Waals surface area contributed by atoms with Crippen LogP contribution < -0.4 is 0 Å². The largest absolute Gasteiger partial charge is 0.436 e. The lowest BCUT2D eigenvalue weighted by molar-refractivity contribution is 0.653. The topological polar surface area (TPSA) is 43.9 Å². The molecule has 4 aromatic heterocycles. The van der Waals surface area contributed by atoms with Crippen molar-refractivity contribution in [3.8, 4) is 28.2 Å². The Hall–Kier alpha value is -6.30. The number of fused-ring (bicyclic) bond motifs is 13. The number of rotatable bonds is 3. The van der Waals surface area contributed by atoms with Crippen molar-refractivity contribution in [2.75, 3.05) is 0 Å². The van der Waals surface area contributed by atoms with Crippen LogP contribution in [-0.2, 0) is 0 Å². The fourth-order valence-corrected chi connectivity index (χ4v) is 8.93. The van der Waals surface area contributed by atoms with Crippen molar-refractivity contribution in [3.63, 3.8) is 0 Å². The van der Waals surface area contributed by atoms with Crippen LogP contribution in [0.15, 0.2) is 156 Å². The Balaban J connectivity index is 1.31. The summed E-state index contributed by atoms with van der Waals surface area (Å²) in [4.78, 5) is 10.8. The first-order chi connectivity index (χ1) is 24.3. The minimum absolute atomic E-state index is 0.532. The molecule has 4 nitrogen and oxygen atoms in total. The fourth-order valence-electron chi connectivity index (χ4n) is 7.66. The van der Waals surface area contributed by atoms with E-state index in [1.54, 1.807) is 0 Å². The molecule has 0 aliphatic carbocycles. The Morgan fingerprint density at radius 2 is 1.12 bits per heavy atom. The average Bonchev–Trinajstić information content (AvgIpc) is 3.84. The normalized spacial score (nSPS) is 12.1. The summed E-state index contributed by atoms with van der Waals surface area (Å²) in [6, 6.07) is 53.5. The lowest BCUT2D eigenvalue weighted by atomic mass is 9.99. The molecule has 0 fully saturated rings. The van der Waals surface area contributed by atoms with Gasteiger partial charge in [0.15, 0.2) is 5.82 Å². The number of benzene rings is 7. The van der Waals surface area contributed by atoms with Crippen LogP contribution >= 0.6 is 11.3 Å². The number of hydrogen-bond acceptors (Lipinski definition) is 4. The maximum Gasteiger partial charge on any atom is 0.247 e. The summed E-state index contributed by atoms with van der Waals surface area (Å²) in [6.07, 6.45) is 0. The minimum atomic E-state index is 0.532. The van der Waals surface area contributed by atoms with Crippen LogP contribution in [0, 0.1) is 0 Å². The molecule has 0 spiro atoms. The van der Waals surface area contributed by atoms with E-state index in [1.807, 2.05) is 35.6 Å². The Morgan fingerprint density at radius 1 is 0.490 bits per heavy atom. The van der Waals surface area contributed by atoms with Gasteiger partial charge in [-0.3, -0.25) is 4.57 Å². The molecular formula is C44H25N3OS. The molecule has 0 atom stereocenters. The number of nitrogens with zero attached hydrogens (tertiary/aromatic N) is 3. The summed E-state index contributed by atoms with van der Waals surface area (Å²) in [5.41, 5.74) is 8.37. The number of para-hydroxylation sites is 2. The zero-order valence-electron chi connectivity index (χ0n) is 26.1. The minimum Gasteiger partial charge on any atom is -0.436 e. The van der Waals surface area contributed by atoms with Gasteiger partial charge in [0, 0.05) is 47.3 Å². The van der Waals surface area contributed by atoms with Crippen LogP contribution in [0.1, 0.15) is 0 Å². The van der Waals surface area contributed by atoms with Gasteiger partial charge >= 0.3 is 0 Å². The van der Waals surface area contributed by atoms with E-state index in [9.17, 15) is 0 Å². The Bertz CT molecular complexity index is 3100. The standard InChI is InChI=1S/C44H25N3OS/c1-2-12-26(13-3-1)27-22-24-28(25-23-27)39-43(45-40-32-17-7-10-20-35(32)48-44(40)46-39)47-34-19-9-6-16-31(34)38-41(47)30-15-5-4-14-29(30)37-33-18-8-11-21-36(33)49-42(37)38/h1-25H.